The highest BCUT2D eigenvalue weighted by atomic mass is 32.2. The van der Waals surface area contributed by atoms with E-state index in [1.807, 2.05) is 6.92 Å². The lowest BCUT2D eigenvalue weighted by Gasteiger charge is -2.06. The van der Waals surface area contributed by atoms with Crippen LogP contribution in [0.15, 0.2) is 34.2 Å². The Morgan fingerprint density at radius 3 is 2.59 bits per heavy atom. The van der Waals surface area contributed by atoms with E-state index in [0.29, 0.717) is 32.3 Å². The first-order valence-corrected chi connectivity index (χ1v) is 8.62. The lowest BCUT2D eigenvalue weighted by atomic mass is 10.2. The molecule has 0 unspecified atom stereocenters. The number of hydrogen-bond acceptors (Lipinski definition) is 4. The molecule has 0 amide bonds. The first-order valence-electron chi connectivity index (χ1n) is 7.13. The first kappa shape index (κ1) is 18.4. The van der Waals surface area contributed by atoms with E-state index in [0.717, 1.165) is 12.0 Å². The van der Waals surface area contributed by atoms with Gasteiger partial charge < -0.3 is 15.8 Å². The zero-order valence-corrected chi connectivity index (χ0v) is 13.8. The number of nitrogens with two attached hydrogens (primary N) is 1. The van der Waals surface area contributed by atoms with Crippen molar-refractivity contribution in [2.75, 3.05) is 26.8 Å². The lowest BCUT2D eigenvalue weighted by Crippen LogP contribution is -2.32. The number of rotatable bonds is 9. The Labute approximate surface area is 132 Å². The predicted octanol–water partition coefficient (Wildman–Crippen LogP) is 0.426. The van der Waals surface area contributed by atoms with E-state index in [1.54, 1.807) is 24.3 Å². The highest BCUT2D eigenvalue weighted by Crippen LogP contribution is 2.10. The van der Waals surface area contributed by atoms with E-state index in [1.165, 1.54) is 7.05 Å². The van der Waals surface area contributed by atoms with Crippen molar-refractivity contribution in [3.05, 3.63) is 29.8 Å². The van der Waals surface area contributed by atoms with E-state index in [-0.39, 0.29) is 4.90 Å². The molecule has 4 N–H and O–H groups in total. The molecule has 124 valence electrons. The minimum atomic E-state index is -3.40. The standard InChI is InChI=1S/C14H24N4O3S/c1-3-21-10-4-9-17-14(15)18-11-12-5-7-13(8-6-12)22(19,20)16-2/h5-8,16H,3-4,9-11H2,1-2H3,(H3,15,17,18). The van der Waals surface area contributed by atoms with Crippen molar-refractivity contribution in [1.82, 2.24) is 10.0 Å². The number of benzene rings is 1. The average molecular weight is 328 g/mol. The summed E-state index contributed by atoms with van der Waals surface area (Å²) in [6, 6.07) is 6.52. The van der Waals surface area contributed by atoms with E-state index >= 15 is 0 Å². The number of guanidine groups is 1. The fraction of sp³-hybridized carbons (Fsp3) is 0.500. The van der Waals surface area contributed by atoms with Crippen LogP contribution in [-0.2, 0) is 21.3 Å². The predicted molar refractivity (Wildman–Crippen MR) is 87.1 cm³/mol. The summed E-state index contributed by atoms with van der Waals surface area (Å²) in [5, 5.41) is 3.00. The van der Waals surface area contributed by atoms with Gasteiger partial charge in [0.15, 0.2) is 5.96 Å². The molecule has 22 heavy (non-hydrogen) atoms. The molecule has 1 aromatic carbocycles. The summed E-state index contributed by atoms with van der Waals surface area (Å²) in [5.41, 5.74) is 6.63. The maximum absolute atomic E-state index is 11.6. The van der Waals surface area contributed by atoms with E-state index in [2.05, 4.69) is 15.0 Å². The monoisotopic (exact) mass is 328 g/mol. The molecule has 8 heteroatoms. The molecule has 0 aliphatic rings. The maximum Gasteiger partial charge on any atom is 0.240 e. The third-order valence-electron chi connectivity index (χ3n) is 2.91. The van der Waals surface area contributed by atoms with Gasteiger partial charge in [-0.3, -0.25) is 0 Å². The first-order chi connectivity index (χ1) is 10.5. The van der Waals surface area contributed by atoms with E-state index in [9.17, 15) is 8.42 Å². The van der Waals surface area contributed by atoms with Crippen LogP contribution in [-0.4, -0.2) is 41.2 Å². The zero-order valence-electron chi connectivity index (χ0n) is 13.0. The zero-order chi connectivity index (χ0) is 16.4. The van der Waals surface area contributed by atoms with Gasteiger partial charge in [-0.05, 0) is 38.1 Å². The van der Waals surface area contributed by atoms with Crippen molar-refractivity contribution < 1.29 is 13.2 Å². The highest BCUT2D eigenvalue weighted by molar-refractivity contribution is 7.89. The minimum Gasteiger partial charge on any atom is -0.382 e. The molecule has 0 saturated carbocycles. The Morgan fingerprint density at radius 2 is 2.00 bits per heavy atom. The number of sulfonamides is 1. The summed E-state index contributed by atoms with van der Waals surface area (Å²) in [6.07, 6.45) is 0.862. The summed E-state index contributed by atoms with van der Waals surface area (Å²) in [7, 11) is -2.02. The minimum absolute atomic E-state index is 0.227. The normalized spacial score (nSPS) is 12.4. The molecule has 0 aliphatic carbocycles. The van der Waals surface area contributed by atoms with Crippen LogP contribution in [0.1, 0.15) is 18.9 Å². The second-order valence-corrected chi connectivity index (χ2v) is 6.42. The molecule has 0 saturated heterocycles. The maximum atomic E-state index is 11.6. The SMILES string of the molecule is CCOCCCNC(N)=NCc1ccc(S(=O)(=O)NC)cc1. The van der Waals surface area contributed by atoms with Gasteiger partial charge in [-0.25, -0.2) is 18.1 Å². The van der Waals surface area contributed by atoms with Crippen LogP contribution in [0.4, 0.5) is 0 Å². The molecule has 0 aliphatic heterocycles. The summed E-state index contributed by atoms with van der Waals surface area (Å²) in [6.45, 7) is 4.45. The van der Waals surface area contributed by atoms with Crippen molar-refractivity contribution >= 4 is 16.0 Å². The van der Waals surface area contributed by atoms with Crippen molar-refractivity contribution in [2.24, 2.45) is 10.7 Å². The molecule has 7 nitrogen and oxygen atoms in total. The molecule has 0 radical (unpaired) electrons. The summed E-state index contributed by atoms with van der Waals surface area (Å²) in [4.78, 5) is 4.43. The molecule has 0 bridgehead atoms. The number of aliphatic imine (C=N–C) groups is 1. The fourth-order valence-corrected chi connectivity index (χ4v) is 2.39. The van der Waals surface area contributed by atoms with Crippen LogP contribution in [0.3, 0.4) is 0 Å². The van der Waals surface area contributed by atoms with Gasteiger partial charge >= 0.3 is 0 Å². The van der Waals surface area contributed by atoms with E-state index in [4.69, 9.17) is 10.5 Å². The van der Waals surface area contributed by atoms with Crippen molar-refractivity contribution in [3.8, 4) is 0 Å². The molecule has 1 aromatic rings. The second kappa shape index (κ2) is 9.39. The number of hydrogen-bond donors (Lipinski definition) is 3. The molecular weight excluding hydrogens is 304 g/mol. The number of nitrogens with zero attached hydrogens (tertiary/aromatic N) is 1. The van der Waals surface area contributed by atoms with Crippen molar-refractivity contribution in [3.63, 3.8) is 0 Å². The summed E-state index contributed by atoms with van der Waals surface area (Å²) >= 11 is 0. The molecule has 0 atom stereocenters. The Morgan fingerprint density at radius 1 is 1.32 bits per heavy atom. The van der Waals surface area contributed by atoms with Gasteiger partial charge in [0.2, 0.25) is 10.0 Å². The summed E-state index contributed by atoms with van der Waals surface area (Å²) < 4.78 is 30.7. The number of ether oxygens (including phenoxy) is 1. The van der Waals surface area contributed by atoms with Crippen LogP contribution in [0.25, 0.3) is 0 Å². The van der Waals surface area contributed by atoms with Crippen LogP contribution < -0.4 is 15.8 Å². The molecule has 0 aromatic heterocycles. The Kier molecular flexibility index (Phi) is 7.86. The van der Waals surface area contributed by atoms with Gasteiger partial charge in [-0.15, -0.1) is 0 Å². The summed E-state index contributed by atoms with van der Waals surface area (Å²) in [5.74, 6) is 0.364. The van der Waals surface area contributed by atoms with Crippen molar-refractivity contribution in [2.45, 2.75) is 24.8 Å². The van der Waals surface area contributed by atoms with Gasteiger partial charge in [0.05, 0.1) is 11.4 Å². The number of nitrogens with one attached hydrogen (secondary N) is 2. The quantitative estimate of drug-likeness (QED) is 0.346. The van der Waals surface area contributed by atoms with Gasteiger partial charge in [-0.2, -0.15) is 0 Å². The van der Waals surface area contributed by atoms with Gasteiger partial charge in [0, 0.05) is 19.8 Å². The van der Waals surface area contributed by atoms with Gasteiger partial charge in [0.1, 0.15) is 0 Å². The smallest absolute Gasteiger partial charge is 0.240 e. The van der Waals surface area contributed by atoms with Crippen LogP contribution in [0.5, 0.6) is 0 Å². The third-order valence-corrected chi connectivity index (χ3v) is 4.34. The third kappa shape index (κ3) is 6.42. The average Bonchev–Trinajstić information content (AvgIpc) is 2.53. The van der Waals surface area contributed by atoms with E-state index < -0.39 is 10.0 Å². The second-order valence-electron chi connectivity index (χ2n) is 4.53. The van der Waals surface area contributed by atoms with Crippen LogP contribution in [0.2, 0.25) is 0 Å². The van der Waals surface area contributed by atoms with Crippen LogP contribution >= 0.6 is 0 Å². The van der Waals surface area contributed by atoms with Gasteiger partial charge in [0.25, 0.3) is 0 Å². The fourth-order valence-electron chi connectivity index (χ4n) is 1.66. The van der Waals surface area contributed by atoms with Crippen LogP contribution in [0, 0.1) is 0 Å². The highest BCUT2D eigenvalue weighted by Gasteiger charge is 2.10. The molecular formula is C14H24N4O3S. The Hall–Kier alpha value is -1.64. The Balaban J connectivity index is 2.45. The topological polar surface area (TPSA) is 106 Å². The lowest BCUT2D eigenvalue weighted by molar-refractivity contribution is 0.145. The van der Waals surface area contributed by atoms with Gasteiger partial charge in [-0.1, -0.05) is 12.1 Å². The molecule has 0 spiro atoms. The molecule has 0 heterocycles. The Bertz CT molecular complexity index is 570. The molecule has 0 fully saturated rings. The van der Waals surface area contributed by atoms with Crippen molar-refractivity contribution in [1.29, 1.82) is 0 Å². The largest absolute Gasteiger partial charge is 0.382 e. The molecule has 1 rings (SSSR count).